The number of nitrogens with one attached hydrogen (secondary N) is 2. The minimum atomic E-state index is 0.0489. The van der Waals surface area contributed by atoms with Gasteiger partial charge < -0.3 is 20.5 Å². The number of aliphatic hydroxyl groups excluding tert-OH is 1. The van der Waals surface area contributed by atoms with Crippen molar-refractivity contribution in [2.75, 3.05) is 40.0 Å². The van der Waals surface area contributed by atoms with E-state index in [-0.39, 0.29) is 12.0 Å². The van der Waals surface area contributed by atoms with Crippen molar-refractivity contribution >= 4 is 5.96 Å². The Morgan fingerprint density at radius 1 is 1.30 bits per heavy atom. The molecule has 134 valence electrons. The Morgan fingerprint density at radius 3 is 2.61 bits per heavy atom. The molecular weight excluding hydrogens is 290 g/mol. The molecule has 5 heteroatoms. The normalized spacial score (nSPS) is 26.7. The highest BCUT2D eigenvalue weighted by Crippen LogP contribution is 2.39. The van der Waals surface area contributed by atoms with Gasteiger partial charge in [-0.15, -0.1) is 0 Å². The van der Waals surface area contributed by atoms with Gasteiger partial charge >= 0.3 is 0 Å². The van der Waals surface area contributed by atoms with Crippen molar-refractivity contribution in [3.05, 3.63) is 0 Å². The van der Waals surface area contributed by atoms with Crippen molar-refractivity contribution < 1.29 is 9.84 Å². The first-order chi connectivity index (χ1) is 11.0. The Kier molecular flexibility index (Phi) is 6.72. The summed E-state index contributed by atoms with van der Waals surface area (Å²) in [5.41, 5.74) is 0.348. The number of ether oxygens (including phenoxy) is 1. The van der Waals surface area contributed by atoms with Gasteiger partial charge in [0.1, 0.15) is 0 Å². The standard InChI is InChI=1S/C18H35N3O2/c1-17(2,15-6-4-5-7-15)12-20-16(19-3)21-13-18(8-10-22)9-11-23-14-18/h15,22H,4-14H2,1-3H3,(H2,19,20,21). The molecule has 1 unspecified atom stereocenters. The lowest BCUT2D eigenvalue weighted by atomic mass is 9.78. The van der Waals surface area contributed by atoms with Crippen LogP contribution in [-0.2, 0) is 4.74 Å². The van der Waals surface area contributed by atoms with Crippen LogP contribution in [0.4, 0.5) is 0 Å². The molecule has 1 heterocycles. The second kappa shape index (κ2) is 8.34. The fraction of sp³-hybridized carbons (Fsp3) is 0.944. The summed E-state index contributed by atoms with van der Waals surface area (Å²) in [6, 6.07) is 0. The van der Waals surface area contributed by atoms with Crippen LogP contribution in [0.5, 0.6) is 0 Å². The summed E-state index contributed by atoms with van der Waals surface area (Å²) in [5.74, 6) is 1.68. The molecule has 2 fully saturated rings. The van der Waals surface area contributed by atoms with Crippen LogP contribution in [0.15, 0.2) is 4.99 Å². The van der Waals surface area contributed by atoms with Crippen LogP contribution in [0.25, 0.3) is 0 Å². The van der Waals surface area contributed by atoms with Crippen LogP contribution in [-0.4, -0.2) is 51.0 Å². The Morgan fingerprint density at radius 2 is 2.04 bits per heavy atom. The van der Waals surface area contributed by atoms with E-state index in [0.29, 0.717) is 5.41 Å². The van der Waals surface area contributed by atoms with Gasteiger partial charge in [-0.25, -0.2) is 0 Å². The lowest BCUT2D eigenvalue weighted by Gasteiger charge is -2.33. The summed E-state index contributed by atoms with van der Waals surface area (Å²) >= 11 is 0. The maximum atomic E-state index is 9.32. The fourth-order valence-electron chi connectivity index (χ4n) is 3.97. The van der Waals surface area contributed by atoms with Crippen molar-refractivity contribution in [2.45, 2.75) is 52.4 Å². The second-order valence-corrected chi connectivity index (χ2v) is 8.03. The van der Waals surface area contributed by atoms with E-state index in [1.54, 1.807) is 0 Å². The van der Waals surface area contributed by atoms with E-state index in [2.05, 4.69) is 29.5 Å². The molecule has 2 rings (SSSR count). The maximum Gasteiger partial charge on any atom is 0.191 e. The summed E-state index contributed by atoms with van der Waals surface area (Å²) in [7, 11) is 1.82. The molecule has 0 aromatic heterocycles. The lowest BCUT2D eigenvalue weighted by Crippen LogP contribution is -2.47. The summed E-state index contributed by atoms with van der Waals surface area (Å²) in [5, 5.41) is 16.3. The van der Waals surface area contributed by atoms with Crippen LogP contribution in [0.3, 0.4) is 0 Å². The molecule has 0 spiro atoms. The van der Waals surface area contributed by atoms with Gasteiger partial charge in [0.25, 0.3) is 0 Å². The first-order valence-electron chi connectivity index (χ1n) is 9.14. The molecule has 0 aromatic carbocycles. The second-order valence-electron chi connectivity index (χ2n) is 8.03. The molecule has 23 heavy (non-hydrogen) atoms. The van der Waals surface area contributed by atoms with E-state index in [9.17, 15) is 5.11 Å². The zero-order valence-corrected chi connectivity index (χ0v) is 15.2. The molecule has 1 aliphatic carbocycles. The van der Waals surface area contributed by atoms with Crippen molar-refractivity contribution in [3.8, 4) is 0 Å². The number of rotatable bonds is 7. The van der Waals surface area contributed by atoms with E-state index >= 15 is 0 Å². The Balaban J connectivity index is 1.81. The van der Waals surface area contributed by atoms with Crippen LogP contribution >= 0.6 is 0 Å². The topological polar surface area (TPSA) is 65.9 Å². The van der Waals surface area contributed by atoms with Crippen LogP contribution in [0.1, 0.15) is 52.4 Å². The zero-order valence-electron chi connectivity index (χ0n) is 15.2. The molecule has 1 saturated carbocycles. The van der Waals surface area contributed by atoms with Gasteiger partial charge in [0.05, 0.1) is 6.61 Å². The molecular formula is C18H35N3O2. The number of nitrogens with zero attached hydrogens (tertiary/aromatic N) is 1. The van der Waals surface area contributed by atoms with Gasteiger partial charge in [0, 0.05) is 38.8 Å². The average Bonchev–Trinajstić information content (AvgIpc) is 3.20. The van der Waals surface area contributed by atoms with Gasteiger partial charge in [-0.05, 0) is 37.0 Å². The van der Waals surface area contributed by atoms with E-state index in [0.717, 1.165) is 51.0 Å². The third-order valence-corrected chi connectivity index (χ3v) is 5.85. The van der Waals surface area contributed by atoms with Crippen LogP contribution < -0.4 is 10.6 Å². The predicted octanol–water partition coefficient (Wildman–Crippen LogP) is 2.16. The molecule has 0 aromatic rings. The number of hydrogen-bond donors (Lipinski definition) is 3. The molecule has 5 nitrogen and oxygen atoms in total. The summed E-state index contributed by atoms with van der Waals surface area (Å²) in [6.07, 6.45) is 7.26. The van der Waals surface area contributed by atoms with Crippen molar-refractivity contribution in [3.63, 3.8) is 0 Å². The van der Waals surface area contributed by atoms with Crippen molar-refractivity contribution in [1.29, 1.82) is 0 Å². The highest BCUT2D eigenvalue weighted by molar-refractivity contribution is 5.79. The maximum absolute atomic E-state index is 9.32. The number of aliphatic hydroxyl groups is 1. The minimum absolute atomic E-state index is 0.0489. The van der Waals surface area contributed by atoms with Crippen molar-refractivity contribution in [2.24, 2.45) is 21.7 Å². The molecule has 1 atom stereocenters. The van der Waals surface area contributed by atoms with Gasteiger partial charge in [-0.3, -0.25) is 4.99 Å². The summed E-state index contributed by atoms with van der Waals surface area (Å²) in [4.78, 5) is 4.36. The Bertz CT molecular complexity index is 384. The summed E-state index contributed by atoms with van der Waals surface area (Å²) in [6.45, 7) is 8.21. The quantitative estimate of drug-likeness (QED) is 0.496. The molecule has 0 radical (unpaired) electrons. The minimum Gasteiger partial charge on any atom is -0.396 e. The fourth-order valence-corrected chi connectivity index (χ4v) is 3.97. The first-order valence-corrected chi connectivity index (χ1v) is 9.14. The lowest BCUT2D eigenvalue weighted by molar-refractivity contribution is 0.127. The largest absolute Gasteiger partial charge is 0.396 e. The average molecular weight is 325 g/mol. The van der Waals surface area contributed by atoms with E-state index in [1.165, 1.54) is 25.7 Å². The number of aliphatic imine (C=N–C) groups is 1. The van der Waals surface area contributed by atoms with Crippen molar-refractivity contribution in [1.82, 2.24) is 10.6 Å². The Labute approximate surface area is 141 Å². The molecule has 0 amide bonds. The van der Waals surface area contributed by atoms with E-state index < -0.39 is 0 Å². The van der Waals surface area contributed by atoms with Crippen LogP contribution in [0, 0.1) is 16.7 Å². The molecule has 3 N–H and O–H groups in total. The molecule has 1 saturated heterocycles. The zero-order chi connectivity index (χ0) is 16.8. The predicted molar refractivity (Wildman–Crippen MR) is 94.7 cm³/mol. The van der Waals surface area contributed by atoms with E-state index in [4.69, 9.17) is 4.74 Å². The van der Waals surface area contributed by atoms with Gasteiger partial charge in [0.2, 0.25) is 0 Å². The van der Waals surface area contributed by atoms with Crippen LogP contribution in [0.2, 0.25) is 0 Å². The number of guanidine groups is 1. The molecule has 1 aliphatic heterocycles. The highest BCUT2D eigenvalue weighted by atomic mass is 16.5. The SMILES string of the molecule is CN=C(NCC1(CCO)CCOC1)NCC(C)(C)C1CCCC1. The smallest absolute Gasteiger partial charge is 0.191 e. The molecule has 0 bridgehead atoms. The monoisotopic (exact) mass is 325 g/mol. The van der Waals surface area contributed by atoms with E-state index in [1.807, 2.05) is 7.05 Å². The number of hydrogen-bond acceptors (Lipinski definition) is 3. The third kappa shape index (κ3) is 5.08. The summed E-state index contributed by atoms with van der Waals surface area (Å²) < 4.78 is 5.55. The first kappa shape index (κ1) is 18.5. The Hall–Kier alpha value is -0.810. The van der Waals surface area contributed by atoms with Gasteiger partial charge in [0.15, 0.2) is 5.96 Å². The molecule has 2 aliphatic rings. The third-order valence-electron chi connectivity index (χ3n) is 5.85. The highest BCUT2D eigenvalue weighted by Gasteiger charge is 2.35. The van der Waals surface area contributed by atoms with Gasteiger partial charge in [-0.2, -0.15) is 0 Å². The van der Waals surface area contributed by atoms with Gasteiger partial charge in [-0.1, -0.05) is 26.7 Å².